The second-order valence-corrected chi connectivity index (χ2v) is 5.48. The first kappa shape index (κ1) is 15.0. The number of rotatable bonds is 4. The molecule has 0 aromatic heterocycles. The predicted octanol–water partition coefficient (Wildman–Crippen LogP) is 0.341. The molecule has 20 heavy (non-hydrogen) atoms. The van der Waals surface area contributed by atoms with Crippen LogP contribution < -0.4 is 5.32 Å². The fraction of sp³-hybridized carbons (Fsp3) is 0.533. The van der Waals surface area contributed by atoms with Crippen LogP contribution in [0, 0.1) is 0 Å². The Morgan fingerprint density at radius 1 is 1.50 bits per heavy atom. The fourth-order valence-electron chi connectivity index (χ4n) is 2.21. The van der Waals surface area contributed by atoms with Gasteiger partial charge in [-0.2, -0.15) is 0 Å². The molecule has 2 unspecified atom stereocenters. The Morgan fingerprint density at radius 2 is 2.20 bits per heavy atom. The van der Waals surface area contributed by atoms with Gasteiger partial charge in [0.05, 0.1) is 13.2 Å². The van der Waals surface area contributed by atoms with Crippen molar-refractivity contribution in [2.24, 2.45) is 0 Å². The van der Waals surface area contributed by atoms with Crippen molar-refractivity contribution in [3.8, 4) is 0 Å². The summed E-state index contributed by atoms with van der Waals surface area (Å²) >= 11 is 0. The van der Waals surface area contributed by atoms with Crippen LogP contribution in [0.3, 0.4) is 0 Å². The van der Waals surface area contributed by atoms with Gasteiger partial charge >= 0.3 is 0 Å². The molecule has 2 N–H and O–H groups in total. The summed E-state index contributed by atoms with van der Waals surface area (Å²) in [4.78, 5) is 14.1. The van der Waals surface area contributed by atoms with Crippen LogP contribution in [0.15, 0.2) is 30.3 Å². The summed E-state index contributed by atoms with van der Waals surface area (Å²) in [5.41, 5.74) is -0.306. The molecular formula is C15H22N2O3. The molecule has 2 rings (SSSR count). The van der Waals surface area contributed by atoms with Gasteiger partial charge in [-0.3, -0.25) is 4.79 Å². The normalized spacial score (nSPS) is 23.1. The van der Waals surface area contributed by atoms with Crippen LogP contribution in [0.5, 0.6) is 0 Å². The third-order valence-electron chi connectivity index (χ3n) is 3.56. The van der Waals surface area contributed by atoms with E-state index in [4.69, 9.17) is 4.74 Å². The highest BCUT2D eigenvalue weighted by Crippen LogP contribution is 2.19. The van der Waals surface area contributed by atoms with E-state index in [0.717, 1.165) is 12.1 Å². The molecule has 1 aliphatic rings. The zero-order valence-corrected chi connectivity index (χ0v) is 12.0. The number of nitrogens with one attached hydrogen (secondary N) is 1. The summed E-state index contributed by atoms with van der Waals surface area (Å²) < 4.78 is 5.45. The van der Waals surface area contributed by atoms with E-state index in [1.165, 1.54) is 0 Å². The third-order valence-corrected chi connectivity index (χ3v) is 3.56. The van der Waals surface area contributed by atoms with Crippen molar-refractivity contribution in [2.75, 3.05) is 33.3 Å². The second-order valence-electron chi connectivity index (χ2n) is 5.48. The fourth-order valence-corrected chi connectivity index (χ4v) is 2.21. The molecule has 1 aliphatic heterocycles. The molecule has 2 atom stereocenters. The Morgan fingerprint density at radius 3 is 2.85 bits per heavy atom. The second kappa shape index (κ2) is 6.35. The minimum Gasteiger partial charge on any atom is -0.384 e. The third kappa shape index (κ3) is 3.79. The maximum Gasteiger partial charge on any atom is 0.250 e. The Balaban J connectivity index is 1.89. The lowest BCUT2D eigenvalue weighted by molar-refractivity contribution is -0.139. The molecule has 1 saturated heterocycles. The number of benzene rings is 1. The zero-order chi connectivity index (χ0) is 14.6. The first-order valence-electron chi connectivity index (χ1n) is 6.85. The molecule has 0 aliphatic carbocycles. The number of hydrogen-bond acceptors (Lipinski definition) is 4. The topological polar surface area (TPSA) is 61.8 Å². The summed E-state index contributed by atoms with van der Waals surface area (Å²) in [6, 6.07) is 9.31. The molecule has 0 spiro atoms. The van der Waals surface area contributed by atoms with Crippen molar-refractivity contribution in [2.45, 2.75) is 18.6 Å². The van der Waals surface area contributed by atoms with Gasteiger partial charge in [-0.15, -0.1) is 0 Å². The molecule has 1 amide bonds. The Bertz CT molecular complexity index is 448. The number of aliphatic hydroxyl groups is 1. The van der Waals surface area contributed by atoms with E-state index in [0.29, 0.717) is 13.2 Å². The average Bonchev–Trinajstić information content (AvgIpc) is 2.46. The Labute approximate surface area is 119 Å². The van der Waals surface area contributed by atoms with Gasteiger partial charge in [0.25, 0.3) is 5.91 Å². The van der Waals surface area contributed by atoms with E-state index in [-0.39, 0.29) is 12.5 Å². The first-order chi connectivity index (χ1) is 9.49. The van der Waals surface area contributed by atoms with E-state index in [1.807, 2.05) is 37.4 Å². The van der Waals surface area contributed by atoms with Gasteiger partial charge in [-0.25, -0.2) is 0 Å². The van der Waals surface area contributed by atoms with E-state index >= 15 is 0 Å². The van der Waals surface area contributed by atoms with Crippen LogP contribution in [0.25, 0.3) is 0 Å². The molecule has 0 saturated carbocycles. The van der Waals surface area contributed by atoms with Gasteiger partial charge in [-0.05, 0) is 19.5 Å². The monoisotopic (exact) mass is 278 g/mol. The highest BCUT2D eigenvalue weighted by molar-refractivity contribution is 5.81. The minimum atomic E-state index is -1.09. The lowest BCUT2D eigenvalue weighted by Crippen LogP contribution is -2.50. The summed E-state index contributed by atoms with van der Waals surface area (Å²) in [7, 11) is 1.96. The van der Waals surface area contributed by atoms with Crippen LogP contribution in [-0.4, -0.2) is 55.3 Å². The summed E-state index contributed by atoms with van der Waals surface area (Å²) in [5, 5.41) is 13.2. The number of carbonyl (C=O) groups excluding carboxylic acids is 1. The molecule has 1 aromatic carbocycles. The zero-order valence-electron chi connectivity index (χ0n) is 12.0. The van der Waals surface area contributed by atoms with Gasteiger partial charge in [0.15, 0.2) is 0 Å². The summed E-state index contributed by atoms with van der Waals surface area (Å²) in [6.45, 7) is 3.84. The quantitative estimate of drug-likeness (QED) is 0.834. The minimum absolute atomic E-state index is 0.166. The Hall–Kier alpha value is -1.43. The van der Waals surface area contributed by atoms with Crippen molar-refractivity contribution in [3.63, 3.8) is 0 Å². The van der Waals surface area contributed by atoms with Crippen molar-refractivity contribution in [1.82, 2.24) is 10.2 Å². The lowest BCUT2D eigenvalue weighted by atomic mass is 9.96. The van der Waals surface area contributed by atoms with Gasteiger partial charge in [0.2, 0.25) is 0 Å². The smallest absolute Gasteiger partial charge is 0.250 e. The highest BCUT2D eigenvalue weighted by atomic mass is 16.5. The Kier molecular flexibility index (Phi) is 4.75. The van der Waals surface area contributed by atoms with Crippen molar-refractivity contribution >= 4 is 5.91 Å². The van der Waals surface area contributed by atoms with Crippen molar-refractivity contribution in [1.29, 1.82) is 0 Å². The number of amides is 1. The van der Waals surface area contributed by atoms with Crippen molar-refractivity contribution < 1.29 is 14.6 Å². The van der Waals surface area contributed by atoms with E-state index in [9.17, 15) is 9.90 Å². The van der Waals surface area contributed by atoms with Crippen LogP contribution >= 0.6 is 0 Å². The van der Waals surface area contributed by atoms with E-state index in [2.05, 4.69) is 10.2 Å². The molecule has 0 bridgehead atoms. The summed E-state index contributed by atoms with van der Waals surface area (Å²) in [6.07, 6.45) is -0.458. The highest BCUT2D eigenvalue weighted by Gasteiger charge is 2.28. The van der Waals surface area contributed by atoms with Gasteiger partial charge in [-0.1, -0.05) is 30.3 Å². The average molecular weight is 278 g/mol. The van der Waals surface area contributed by atoms with Gasteiger partial charge in [0.1, 0.15) is 11.7 Å². The molecule has 1 fully saturated rings. The summed E-state index contributed by atoms with van der Waals surface area (Å²) in [5.74, 6) is -0.173. The van der Waals surface area contributed by atoms with Crippen LogP contribution in [0.4, 0.5) is 0 Å². The van der Waals surface area contributed by atoms with Gasteiger partial charge in [0, 0.05) is 13.1 Å². The van der Waals surface area contributed by atoms with Crippen LogP contribution in [-0.2, 0) is 15.1 Å². The van der Waals surface area contributed by atoms with E-state index in [1.54, 1.807) is 6.92 Å². The predicted molar refractivity (Wildman–Crippen MR) is 76.3 cm³/mol. The van der Waals surface area contributed by atoms with Crippen LogP contribution in [0.2, 0.25) is 0 Å². The standard InChI is InChI=1S/C15H22N2O3/c1-15(19,12-6-4-3-5-7-12)11-16-14(18)13-10-17(2)8-9-20-13/h3-7,13,19H,8-11H2,1-2H3,(H,16,18). The maximum absolute atomic E-state index is 12.0. The first-order valence-corrected chi connectivity index (χ1v) is 6.85. The molecule has 5 heteroatoms. The molecule has 1 aromatic rings. The molecule has 0 radical (unpaired) electrons. The van der Waals surface area contributed by atoms with Gasteiger partial charge < -0.3 is 20.1 Å². The number of morpholine rings is 1. The maximum atomic E-state index is 12.0. The van der Waals surface area contributed by atoms with Crippen molar-refractivity contribution in [3.05, 3.63) is 35.9 Å². The molecule has 1 heterocycles. The number of carbonyl (C=O) groups is 1. The molecular weight excluding hydrogens is 256 g/mol. The molecule has 110 valence electrons. The largest absolute Gasteiger partial charge is 0.384 e. The number of nitrogens with zero attached hydrogens (tertiary/aromatic N) is 1. The number of likely N-dealkylation sites (N-methyl/N-ethyl adjacent to an activating group) is 1. The van der Waals surface area contributed by atoms with Crippen LogP contribution in [0.1, 0.15) is 12.5 Å². The SMILES string of the molecule is CN1CCOC(C(=O)NCC(C)(O)c2ccccc2)C1. The van der Waals surface area contributed by atoms with E-state index < -0.39 is 11.7 Å². The molecule has 5 nitrogen and oxygen atoms in total. The lowest BCUT2D eigenvalue weighted by Gasteiger charge is -2.30. The number of ether oxygens (including phenoxy) is 1. The number of hydrogen-bond donors (Lipinski definition) is 2.